The van der Waals surface area contributed by atoms with Gasteiger partial charge in [-0.05, 0) is 26.1 Å². The first-order valence-corrected chi connectivity index (χ1v) is 6.00. The Morgan fingerprint density at radius 2 is 2.12 bits per heavy atom. The average Bonchev–Trinajstić information content (AvgIpc) is 2.30. The summed E-state index contributed by atoms with van der Waals surface area (Å²) in [5, 5.41) is 0. The van der Waals surface area contributed by atoms with Gasteiger partial charge < -0.3 is 20.3 Å². The van der Waals surface area contributed by atoms with Gasteiger partial charge in [-0.1, -0.05) is 0 Å². The van der Waals surface area contributed by atoms with Crippen LogP contribution in [-0.4, -0.2) is 44.7 Å². The SMILES string of the molecule is COc1ccc(N)c(N2CCN(C)CC2C)c1. The monoisotopic (exact) mass is 235 g/mol. The van der Waals surface area contributed by atoms with Crippen LogP contribution < -0.4 is 15.4 Å². The third-order valence-corrected chi connectivity index (χ3v) is 3.38. The molecule has 1 aromatic rings. The zero-order valence-electron chi connectivity index (χ0n) is 10.8. The van der Waals surface area contributed by atoms with Crippen molar-refractivity contribution in [3.05, 3.63) is 18.2 Å². The molecule has 0 bridgehead atoms. The standard InChI is InChI=1S/C13H21N3O/c1-10-9-15(2)6-7-16(10)13-8-11(17-3)4-5-12(13)14/h4-5,8,10H,6-7,9,14H2,1-3H3. The van der Waals surface area contributed by atoms with Crippen LogP contribution in [0.25, 0.3) is 0 Å². The number of piperazine rings is 1. The fourth-order valence-corrected chi connectivity index (χ4v) is 2.40. The average molecular weight is 235 g/mol. The van der Waals surface area contributed by atoms with Gasteiger partial charge in [0.1, 0.15) is 5.75 Å². The third kappa shape index (κ3) is 2.47. The van der Waals surface area contributed by atoms with Gasteiger partial charge in [0.05, 0.1) is 18.5 Å². The topological polar surface area (TPSA) is 41.7 Å². The van der Waals surface area contributed by atoms with Crippen LogP contribution in [0.3, 0.4) is 0 Å². The van der Waals surface area contributed by atoms with Gasteiger partial charge in [-0.25, -0.2) is 0 Å². The summed E-state index contributed by atoms with van der Waals surface area (Å²) in [4.78, 5) is 4.70. The summed E-state index contributed by atoms with van der Waals surface area (Å²) in [7, 11) is 3.84. The number of ether oxygens (including phenoxy) is 1. The Balaban J connectivity index is 2.26. The molecular weight excluding hydrogens is 214 g/mol. The Bertz CT molecular complexity index is 394. The number of hydrogen-bond acceptors (Lipinski definition) is 4. The number of hydrogen-bond donors (Lipinski definition) is 1. The van der Waals surface area contributed by atoms with E-state index in [9.17, 15) is 0 Å². The summed E-state index contributed by atoms with van der Waals surface area (Å²) in [6.07, 6.45) is 0. The normalized spacial score (nSPS) is 21.6. The summed E-state index contributed by atoms with van der Waals surface area (Å²) in [5.41, 5.74) is 7.97. The minimum Gasteiger partial charge on any atom is -0.497 e. The van der Waals surface area contributed by atoms with E-state index in [0.29, 0.717) is 6.04 Å². The van der Waals surface area contributed by atoms with Crippen molar-refractivity contribution in [2.75, 3.05) is 44.4 Å². The van der Waals surface area contributed by atoms with E-state index in [1.807, 2.05) is 18.2 Å². The van der Waals surface area contributed by atoms with E-state index in [1.165, 1.54) is 0 Å². The highest BCUT2D eigenvalue weighted by molar-refractivity contribution is 5.70. The Morgan fingerprint density at radius 3 is 2.76 bits per heavy atom. The number of rotatable bonds is 2. The zero-order chi connectivity index (χ0) is 12.4. The molecule has 1 atom stereocenters. The molecule has 0 aromatic heterocycles. The van der Waals surface area contributed by atoms with Crippen LogP contribution in [0.2, 0.25) is 0 Å². The summed E-state index contributed by atoms with van der Waals surface area (Å²) >= 11 is 0. The zero-order valence-corrected chi connectivity index (χ0v) is 10.8. The molecule has 1 aliphatic heterocycles. The summed E-state index contributed by atoms with van der Waals surface area (Å²) in [6, 6.07) is 6.32. The molecule has 2 N–H and O–H groups in total. The molecule has 4 heteroatoms. The number of anilines is 2. The minimum absolute atomic E-state index is 0.475. The largest absolute Gasteiger partial charge is 0.497 e. The van der Waals surface area contributed by atoms with E-state index in [4.69, 9.17) is 10.5 Å². The summed E-state index contributed by atoms with van der Waals surface area (Å²) in [5.74, 6) is 0.861. The molecular formula is C13H21N3O. The fraction of sp³-hybridized carbons (Fsp3) is 0.538. The van der Waals surface area contributed by atoms with Gasteiger partial charge in [-0.15, -0.1) is 0 Å². The highest BCUT2D eigenvalue weighted by Crippen LogP contribution is 2.30. The minimum atomic E-state index is 0.475. The highest BCUT2D eigenvalue weighted by Gasteiger charge is 2.23. The smallest absolute Gasteiger partial charge is 0.121 e. The second kappa shape index (κ2) is 4.84. The van der Waals surface area contributed by atoms with Gasteiger partial charge in [0.2, 0.25) is 0 Å². The lowest BCUT2D eigenvalue weighted by atomic mass is 10.1. The molecule has 1 heterocycles. The molecule has 0 amide bonds. The maximum absolute atomic E-state index is 6.06. The molecule has 0 saturated carbocycles. The van der Waals surface area contributed by atoms with Crippen LogP contribution in [-0.2, 0) is 0 Å². The van der Waals surface area contributed by atoms with Crippen molar-refractivity contribution in [2.45, 2.75) is 13.0 Å². The lowest BCUT2D eigenvalue weighted by molar-refractivity contribution is 0.275. The van der Waals surface area contributed by atoms with Crippen molar-refractivity contribution in [2.24, 2.45) is 0 Å². The quantitative estimate of drug-likeness (QED) is 0.787. The molecule has 1 aromatic carbocycles. The lowest BCUT2D eigenvalue weighted by Gasteiger charge is -2.40. The molecule has 4 nitrogen and oxygen atoms in total. The summed E-state index contributed by atoms with van der Waals surface area (Å²) in [6.45, 7) is 5.38. The highest BCUT2D eigenvalue weighted by atomic mass is 16.5. The molecule has 0 radical (unpaired) electrons. The van der Waals surface area contributed by atoms with Crippen molar-refractivity contribution < 1.29 is 4.74 Å². The number of benzene rings is 1. The van der Waals surface area contributed by atoms with Gasteiger partial charge in [0, 0.05) is 31.7 Å². The number of nitrogens with two attached hydrogens (primary N) is 1. The number of nitrogens with zero attached hydrogens (tertiary/aromatic N) is 2. The van der Waals surface area contributed by atoms with Crippen molar-refractivity contribution in [3.8, 4) is 5.75 Å². The molecule has 1 fully saturated rings. The van der Waals surface area contributed by atoms with E-state index in [1.54, 1.807) is 7.11 Å². The van der Waals surface area contributed by atoms with E-state index in [-0.39, 0.29) is 0 Å². The van der Waals surface area contributed by atoms with Crippen LogP contribution in [0.1, 0.15) is 6.92 Å². The van der Waals surface area contributed by atoms with Gasteiger partial charge in [0.25, 0.3) is 0 Å². The maximum atomic E-state index is 6.06. The molecule has 2 rings (SSSR count). The third-order valence-electron chi connectivity index (χ3n) is 3.38. The van der Waals surface area contributed by atoms with Crippen LogP contribution in [0, 0.1) is 0 Å². The van der Waals surface area contributed by atoms with Crippen molar-refractivity contribution in [1.82, 2.24) is 4.90 Å². The number of likely N-dealkylation sites (N-methyl/N-ethyl adjacent to an activating group) is 1. The van der Waals surface area contributed by atoms with Crippen LogP contribution in [0.5, 0.6) is 5.75 Å². The van der Waals surface area contributed by atoms with Crippen molar-refractivity contribution >= 4 is 11.4 Å². The van der Waals surface area contributed by atoms with Crippen LogP contribution in [0.15, 0.2) is 18.2 Å². The molecule has 0 spiro atoms. The van der Waals surface area contributed by atoms with Crippen molar-refractivity contribution in [3.63, 3.8) is 0 Å². The summed E-state index contributed by atoms with van der Waals surface area (Å²) < 4.78 is 5.26. The molecule has 1 aliphatic rings. The lowest BCUT2D eigenvalue weighted by Crippen LogP contribution is -2.50. The second-order valence-electron chi connectivity index (χ2n) is 4.73. The predicted molar refractivity (Wildman–Crippen MR) is 71.7 cm³/mol. The molecule has 0 aliphatic carbocycles. The fourth-order valence-electron chi connectivity index (χ4n) is 2.40. The van der Waals surface area contributed by atoms with Gasteiger partial charge >= 0.3 is 0 Å². The van der Waals surface area contributed by atoms with E-state index < -0.39 is 0 Å². The second-order valence-corrected chi connectivity index (χ2v) is 4.73. The first-order valence-electron chi connectivity index (χ1n) is 6.00. The molecule has 94 valence electrons. The molecule has 17 heavy (non-hydrogen) atoms. The van der Waals surface area contributed by atoms with Crippen molar-refractivity contribution in [1.29, 1.82) is 0 Å². The Kier molecular flexibility index (Phi) is 3.43. The van der Waals surface area contributed by atoms with E-state index in [0.717, 1.165) is 36.8 Å². The first kappa shape index (κ1) is 12.0. The van der Waals surface area contributed by atoms with Gasteiger partial charge in [-0.2, -0.15) is 0 Å². The van der Waals surface area contributed by atoms with Gasteiger partial charge in [-0.3, -0.25) is 0 Å². The van der Waals surface area contributed by atoms with Gasteiger partial charge in [0.15, 0.2) is 0 Å². The number of nitrogen functional groups attached to an aromatic ring is 1. The Labute approximate surface area is 103 Å². The Morgan fingerprint density at radius 1 is 1.35 bits per heavy atom. The van der Waals surface area contributed by atoms with E-state index >= 15 is 0 Å². The van der Waals surface area contributed by atoms with Crippen LogP contribution in [0.4, 0.5) is 11.4 Å². The number of methoxy groups -OCH3 is 1. The van der Waals surface area contributed by atoms with Crippen LogP contribution >= 0.6 is 0 Å². The molecule has 1 saturated heterocycles. The first-order chi connectivity index (χ1) is 8.11. The maximum Gasteiger partial charge on any atom is 0.121 e. The molecule has 1 unspecified atom stereocenters. The Hall–Kier alpha value is -1.42. The predicted octanol–water partition coefficient (Wildman–Crippen LogP) is 1.42. The van der Waals surface area contributed by atoms with E-state index in [2.05, 4.69) is 23.8 Å².